The molecule has 0 saturated carbocycles. The molecule has 1 heterocycles. The Bertz CT molecular complexity index is 736. The van der Waals surface area contributed by atoms with Crippen molar-refractivity contribution in [1.29, 1.82) is 0 Å². The van der Waals surface area contributed by atoms with Gasteiger partial charge < -0.3 is 14.6 Å². The highest BCUT2D eigenvalue weighted by Crippen LogP contribution is 2.26. The number of nitrogens with one attached hydrogen (secondary N) is 1. The number of ether oxygens (including phenoxy) is 1. The first-order valence-electron chi connectivity index (χ1n) is 8.51. The maximum Gasteiger partial charge on any atom is 0.230 e. The molecule has 0 fully saturated rings. The number of carbonyl (C=O) groups is 1. The molecule has 1 amide bonds. The second kappa shape index (κ2) is 9.68. The van der Waals surface area contributed by atoms with Gasteiger partial charge in [0.05, 0.1) is 17.9 Å². The van der Waals surface area contributed by atoms with Gasteiger partial charge in [0.15, 0.2) is 11.0 Å². The number of hydrogen-bond acceptors (Lipinski definition) is 5. The predicted molar refractivity (Wildman–Crippen MR) is 100 cm³/mol. The molecule has 1 atom stereocenters. The van der Waals surface area contributed by atoms with Crippen LogP contribution in [-0.4, -0.2) is 46.2 Å². The topological polar surface area (TPSA) is 69.0 Å². The minimum absolute atomic E-state index is 0.0596. The van der Waals surface area contributed by atoms with Crippen molar-refractivity contribution in [3.05, 3.63) is 30.1 Å². The zero-order chi connectivity index (χ0) is 19.1. The van der Waals surface area contributed by atoms with Crippen LogP contribution in [0, 0.1) is 11.7 Å². The lowest BCUT2D eigenvalue weighted by Crippen LogP contribution is -2.36. The third kappa shape index (κ3) is 5.54. The molecule has 0 aliphatic carbocycles. The third-order valence-electron chi connectivity index (χ3n) is 3.54. The van der Waals surface area contributed by atoms with E-state index in [4.69, 9.17) is 4.74 Å². The number of carbonyl (C=O) groups excluding carboxylic acids is 1. The number of halogens is 1. The normalized spacial score (nSPS) is 12.4. The second-order valence-corrected chi connectivity index (χ2v) is 7.45. The molecule has 1 aromatic heterocycles. The fourth-order valence-electron chi connectivity index (χ4n) is 2.51. The van der Waals surface area contributed by atoms with E-state index < -0.39 is 0 Å². The van der Waals surface area contributed by atoms with Crippen molar-refractivity contribution >= 4 is 17.7 Å². The van der Waals surface area contributed by atoms with E-state index in [1.807, 2.05) is 11.5 Å². The summed E-state index contributed by atoms with van der Waals surface area (Å²) in [7, 11) is 1.59. The van der Waals surface area contributed by atoms with E-state index in [9.17, 15) is 9.18 Å². The molecule has 0 aliphatic rings. The third-order valence-corrected chi connectivity index (χ3v) is 4.50. The highest BCUT2D eigenvalue weighted by atomic mass is 32.2. The number of aromatic nitrogens is 3. The van der Waals surface area contributed by atoms with E-state index in [0.29, 0.717) is 35.6 Å². The van der Waals surface area contributed by atoms with Crippen LogP contribution in [0.2, 0.25) is 0 Å². The van der Waals surface area contributed by atoms with E-state index in [2.05, 4.69) is 29.4 Å². The van der Waals surface area contributed by atoms with Gasteiger partial charge in [0.2, 0.25) is 5.91 Å². The van der Waals surface area contributed by atoms with Crippen molar-refractivity contribution in [2.24, 2.45) is 5.92 Å². The van der Waals surface area contributed by atoms with E-state index >= 15 is 0 Å². The monoisotopic (exact) mass is 380 g/mol. The Balaban J connectivity index is 2.16. The first kappa shape index (κ1) is 20.4. The molecule has 0 bridgehead atoms. The average Bonchev–Trinajstić information content (AvgIpc) is 2.95. The lowest BCUT2D eigenvalue weighted by Gasteiger charge is -2.14. The highest BCUT2D eigenvalue weighted by molar-refractivity contribution is 7.99. The molecule has 6 nitrogen and oxygen atoms in total. The summed E-state index contributed by atoms with van der Waals surface area (Å²) < 4.78 is 21.1. The van der Waals surface area contributed by atoms with Crippen LogP contribution in [-0.2, 0) is 16.1 Å². The Labute approximate surface area is 157 Å². The van der Waals surface area contributed by atoms with Crippen molar-refractivity contribution in [2.75, 3.05) is 19.5 Å². The van der Waals surface area contributed by atoms with Crippen LogP contribution in [0.4, 0.5) is 4.39 Å². The van der Waals surface area contributed by atoms with Crippen molar-refractivity contribution in [1.82, 2.24) is 20.1 Å². The van der Waals surface area contributed by atoms with Crippen LogP contribution in [0.3, 0.4) is 0 Å². The van der Waals surface area contributed by atoms with Gasteiger partial charge in [-0.05, 0) is 25.0 Å². The molecule has 1 aromatic carbocycles. The lowest BCUT2D eigenvalue weighted by molar-refractivity contribution is -0.119. The van der Waals surface area contributed by atoms with Crippen LogP contribution in [0.25, 0.3) is 11.4 Å². The van der Waals surface area contributed by atoms with Gasteiger partial charge in [0, 0.05) is 19.7 Å². The molecule has 8 heteroatoms. The number of amides is 1. The number of methoxy groups -OCH3 is 1. The highest BCUT2D eigenvalue weighted by Gasteiger charge is 2.19. The number of hydrogen-bond donors (Lipinski definition) is 1. The molecule has 0 unspecified atom stereocenters. The van der Waals surface area contributed by atoms with Crippen molar-refractivity contribution in [3.8, 4) is 11.4 Å². The number of benzene rings is 1. The summed E-state index contributed by atoms with van der Waals surface area (Å²) in [4.78, 5) is 12.1. The number of rotatable bonds is 9. The van der Waals surface area contributed by atoms with Crippen LogP contribution in [0.5, 0.6) is 0 Å². The van der Waals surface area contributed by atoms with Crippen molar-refractivity contribution in [3.63, 3.8) is 0 Å². The molecule has 0 spiro atoms. The maximum atomic E-state index is 14.2. The van der Waals surface area contributed by atoms with Crippen molar-refractivity contribution in [2.45, 2.75) is 38.5 Å². The van der Waals surface area contributed by atoms with E-state index in [0.717, 1.165) is 0 Å². The van der Waals surface area contributed by atoms with Crippen LogP contribution < -0.4 is 5.32 Å². The van der Waals surface area contributed by atoms with Crippen LogP contribution in [0.1, 0.15) is 20.8 Å². The summed E-state index contributed by atoms with van der Waals surface area (Å²) in [6.07, 6.45) is 0. The molecule has 2 aromatic rings. The molecule has 2 rings (SSSR count). The van der Waals surface area contributed by atoms with Gasteiger partial charge in [-0.15, -0.1) is 10.2 Å². The van der Waals surface area contributed by atoms with Crippen LogP contribution >= 0.6 is 11.8 Å². The predicted octanol–water partition coefficient (Wildman–Crippen LogP) is 2.98. The van der Waals surface area contributed by atoms with E-state index in [1.165, 1.54) is 17.8 Å². The molecular weight excluding hydrogens is 355 g/mol. The van der Waals surface area contributed by atoms with E-state index in [-0.39, 0.29) is 23.5 Å². The summed E-state index contributed by atoms with van der Waals surface area (Å²) in [6.45, 7) is 7.11. The molecule has 1 N–H and O–H groups in total. The zero-order valence-corrected chi connectivity index (χ0v) is 16.3. The van der Waals surface area contributed by atoms with Gasteiger partial charge in [-0.3, -0.25) is 4.79 Å². The van der Waals surface area contributed by atoms with Gasteiger partial charge in [0.25, 0.3) is 0 Å². The molecule has 142 valence electrons. The Morgan fingerprint density at radius 2 is 2.04 bits per heavy atom. The van der Waals surface area contributed by atoms with Gasteiger partial charge >= 0.3 is 0 Å². The van der Waals surface area contributed by atoms with Gasteiger partial charge in [-0.25, -0.2) is 4.39 Å². The second-order valence-electron chi connectivity index (χ2n) is 6.50. The summed E-state index contributed by atoms with van der Waals surface area (Å²) in [5.74, 6) is 0.569. The molecular formula is C18H25FN4O2S. The smallest absolute Gasteiger partial charge is 0.230 e. The summed E-state index contributed by atoms with van der Waals surface area (Å²) >= 11 is 1.29. The Kier molecular flexibility index (Phi) is 7.59. The minimum atomic E-state index is -0.340. The lowest BCUT2D eigenvalue weighted by atomic mass is 10.2. The molecule has 0 radical (unpaired) electrons. The Hall–Kier alpha value is -1.93. The standard InChI is InChI=1S/C18H25FN4O2S/c1-12(2)9-23-17(14-7-5-6-8-15(14)19)21-22-18(23)26-11-16(24)20-13(3)10-25-4/h5-8,12-13H,9-11H2,1-4H3,(H,20,24)/t13-/m0/s1. The fraction of sp³-hybridized carbons (Fsp3) is 0.500. The SMILES string of the molecule is COC[C@H](C)NC(=O)CSc1nnc(-c2ccccc2F)n1CC(C)C. The largest absolute Gasteiger partial charge is 0.383 e. The maximum absolute atomic E-state index is 14.2. The first-order valence-corrected chi connectivity index (χ1v) is 9.50. The number of nitrogens with zero attached hydrogens (tertiary/aromatic N) is 3. The van der Waals surface area contributed by atoms with Gasteiger partial charge in [-0.2, -0.15) is 0 Å². The zero-order valence-electron chi connectivity index (χ0n) is 15.5. The summed E-state index contributed by atoms with van der Waals surface area (Å²) in [6, 6.07) is 6.44. The Morgan fingerprint density at radius 3 is 2.69 bits per heavy atom. The molecule has 0 saturated heterocycles. The molecule has 26 heavy (non-hydrogen) atoms. The van der Waals surface area contributed by atoms with Gasteiger partial charge in [-0.1, -0.05) is 37.7 Å². The minimum Gasteiger partial charge on any atom is -0.383 e. The first-order chi connectivity index (χ1) is 12.4. The van der Waals surface area contributed by atoms with Gasteiger partial charge in [0.1, 0.15) is 5.82 Å². The Morgan fingerprint density at radius 1 is 1.31 bits per heavy atom. The average molecular weight is 380 g/mol. The summed E-state index contributed by atoms with van der Waals surface area (Å²) in [5, 5.41) is 11.8. The summed E-state index contributed by atoms with van der Waals surface area (Å²) in [5.41, 5.74) is 0.408. The quantitative estimate of drug-likeness (QED) is 0.678. The van der Waals surface area contributed by atoms with Crippen molar-refractivity contribution < 1.29 is 13.9 Å². The van der Waals surface area contributed by atoms with E-state index in [1.54, 1.807) is 25.3 Å². The molecule has 0 aliphatic heterocycles. The fourth-order valence-corrected chi connectivity index (χ4v) is 3.26. The number of thioether (sulfide) groups is 1. The van der Waals surface area contributed by atoms with Crippen LogP contribution in [0.15, 0.2) is 29.4 Å².